The molecule has 1 fully saturated rings. The predicted octanol–water partition coefficient (Wildman–Crippen LogP) is 2.49. The Hall–Kier alpha value is -2.36. The minimum absolute atomic E-state index is 0.0681. The third kappa shape index (κ3) is 3.82. The van der Waals surface area contributed by atoms with Crippen molar-refractivity contribution in [3.8, 4) is 11.5 Å². The molecule has 2 aromatic heterocycles. The topological polar surface area (TPSA) is 61.6 Å². The predicted molar refractivity (Wildman–Crippen MR) is 124 cm³/mol. The lowest BCUT2D eigenvalue weighted by atomic mass is 9.80. The van der Waals surface area contributed by atoms with Gasteiger partial charge >= 0.3 is 0 Å². The van der Waals surface area contributed by atoms with Crippen molar-refractivity contribution < 1.29 is 14.2 Å². The molecular weight excluding hydrogens is 423 g/mol. The lowest BCUT2D eigenvalue weighted by Gasteiger charge is -2.47. The van der Waals surface area contributed by atoms with E-state index in [0.717, 1.165) is 66.5 Å². The normalized spacial score (nSPS) is 23.3. The molecule has 32 heavy (non-hydrogen) atoms. The molecule has 2 aliphatic rings. The number of nitrogens with zero attached hydrogens (tertiary/aromatic N) is 4. The molecule has 7 nitrogen and oxygen atoms in total. The summed E-state index contributed by atoms with van der Waals surface area (Å²) in [5, 5.41) is 8.70. The third-order valence-corrected chi connectivity index (χ3v) is 7.78. The van der Waals surface area contributed by atoms with Gasteiger partial charge in [-0.05, 0) is 29.2 Å². The van der Waals surface area contributed by atoms with Crippen LogP contribution < -0.4 is 14.3 Å². The van der Waals surface area contributed by atoms with Crippen LogP contribution in [0.4, 0.5) is 0 Å². The zero-order chi connectivity index (χ0) is 22.3. The van der Waals surface area contributed by atoms with Crippen LogP contribution in [0.2, 0.25) is 0 Å². The van der Waals surface area contributed by atoms with E-state index in [1.54, 1.807) is 30.2 Å². The van der Waals surface area contributed by atoms with Crippen LogP contribution in [0.3, 0.4) is 0 Å². The second-order valence-electron chi connectivity index (χ2n) is 8.53. The van der Waals surface area contributed by atoms with Crippen LogP contribution in [0, 0.1) is 0 Å². The van der Waals surface area contributed by atoms with Crippen molar-refractivity contribution in [2.24, 2.45) is 7.05 Å². The summed E-state index contributed by atoms with van der Waals surface area (Å²) in [6, 6.07) is 8.17. The average Bonchev–Trinajstić information content (AvgIpc) is 3.41. The molecule has 2 radical (unpaired) electrons. The van der Waals surface area contributed by atoms with Gasteiger partial charge in [-0.3, -0.25) is 9.58 Å². The van der Waals surface area contributed by atoms with Gasteiger partial charge in [0.15, 0.2) is 0 Å². The van der Waals surface area contributed by atoms with Crippen molar-refractivity contribution in [3.05, 3.63) is 52.2 Å². The van der Waals surface area contributed by atoms with Gasteiger partial charge in [0.05, 0.1) is 32.6 Å². The number of rotatable bonds is 5. The first-order chi connectivity index (χ1) is 15.5. The van der Waals surface area contributed by atoms with Gasteiger partial charge in [0.2, 0.25) is 0 Å². The maximum absolute atomic E-state index is 6.51. The Morgan fingerprint density at radius 2 is 2.16 bits per heavy atom. The molecule has 0 aliphatic carbocycles. The number of hydrogen-bond acceptors (Lipinski definition) is 7. The zero-order valence-corrected chi connectivity index (χ0v) is 19.5. The first-order valence-corrected chi connectivity index (χ1v) is 11.7. The molecule has 0 N–H and O–H groups in total. The van der Waals surface area contributed by atoms with Crippen LogP contribution in [-0.4, -0.2) is 55.1 Å². The highest BCUT2D eigenvalue weighted by Gasteiger charge is 2.47. The van der Waals surface area contributed by atoms with Gasteiger partial charge < -0.3 is 14.2 Å². The van der Waals surface area contributed by atoms with Crippen LogP contribution in [0.15, 0.2) is 30.5 Å². The van der Waals surface area contributed by atoms with Crippen LogP contribution in [0.5, 0.6) is 11.5 Å². The van der Waals surface area contributed by atoms with E-state index in [-0.39, 0.29) is 11.6 Å². The van der Waals surface area contributed by atoms with E-state index >= 15 is 0 Å². The highest BCUT2D eigenvalue weighted by Crippen LogP contribution is 2.49. The summed E-state index contributed by atoms with van der Waals surface area (Å²) in [7, 11) is 11.5. The number of methoxy groups -OCH3 is 2. The smallest absolute Gasteiger partial charge is 0.128 e. The summed E-state index contributed by atoms with van der Waals surface area (Å²) >= 11 is 1.67. The quantitative estimate of drug-likeness (QED) is 0.557. The SMILES string of the molecule is [B]c1cc2c(s1)C1(CCN(Cc3ccc(OC)cc3OC)C(c3cn(C)nn3)C1)OCC2. The maximum Gasteiger partial charge on any atom is 0.128 e. The summed E-state index contributed by atoms with van der Waals surface area (Å²) in [6.45, 7) is 2.33. The van der Waals surface area contributed by atoms with E-state index in [9.17, 15) is 0 Å². The van der Waals surface area contributed by atoms with E-state index in [4.69, 9.17) is 22.1 Å². The second-order valence-corrected chi connectivity index (χ2v) is 9.61. The number of fused-ring (bicyclic) bond motifs is 2. The second kappa shape index (κ2) is 8.54. The van der Waals surface area contributed by atoms with Crippen LogP contribution >= 0.6 is 11.3 Å². The van der Waals surface area contributed by atoms with Crippen LogP contribution in [0.1, 0.15) is 40.6 Å². The van der Waals surface area contributed by atoms with Crippen LogP contribution in [-0.2, 0) is 30.4 Å². The number of ether oxygens (including phenoxy) is 3. The maximum atomic E-state index is 6.51. The molecule has 0 saturated carbocycles. The summed E-state index contributed by atoms with van der Waals surface area (Å²) in [6.07, 6.45) is 4.66. The minimum Gasteiger partial charge on any atom is -0.497 e. The molecule has 4 heterocycles. The van der Waals surface area contributed by atoms with Crippen molar-refractivity contribution >= 4 is 24.0 Å². The Morgan fingerprint density at radius 3 is 2.91 bits per heavy atom. The summed E-state index contributed by atoms with van der Waals surface area (Å²) < 4.78 is 20.2. The van der Waals surface area contributed by atoms with Gasteiger partial charge in [-0.15, -0.1) is 5.10 Å². The fourth-order valence-corrected chi connectivity index (χ4v) is 6.16. The lowest BCUT2D eigenvalue weighted by Crippen LogP contribution is -2.47. The first-order valence-electron chi connectivity index (χ1n) is 10.8. The number of hydrogen-bond donors (Lipinski definition) is 0. The van der Waals surface area contributed by atoms with Crippen molar-refractivity contribution in [1.29, 1.82) is 0 Å². The number of thiophene rings is 1. The molecule has 2 aliphatic heterocycles. The summed E-state index contributed by atoms with van der Waals surface area (Å²) in [5.74, 6) is 1.61. The minimum atomic E-state index is -0.321. The Balaban J connectivity index is 1.49. The van der Waals surface area contributed by atoms with Gasteiger partial charge in [-0.1, -0.05) is 17.3 Å². The molecule has 3 aromatic rings. The number of benzene rings is 1. The van der Waals surface area contributed by atoms with Crippen molar-refractivity contribution in [1.82, 2.24) is 19.9 Å². The van der Waals surface area contributed by atoms with E-state index in [2.05, 4.69) is 27.3 Å². The van der Waals surface area contributed by atoms with Crippen LogP contribution in [0.25, 0.3) is 0 Å². The van der Waals surface area contributed by atoms with E-state index in [0.29, 0.717) is 0 Å². The van der Waals surface area contributed by atoms with E-state index in [1.165, 1.54) is 10.4 Å². The third-order valence-electron chi connectivity index (χ3n) is 6.59. The van der Waals surface area contributed by atoms with Crippen molar-refractivity contribution in [2.75, 3.05) is 27.4 Å². The monoisotopic (exact) mass is 450 g/mol. The summed E-state index contributed by atoms with van der Waals surface area (Å²) in [5.41, 5.74) is 3.09. The van der Waals surface area contributed by atoms with E-state index < -0.39 is 0 Å². The van der Waals surface area contributed by atoms with Gasteiger partial charge in [0, 0.05) is 49.3 Å². The Morgan fingerprint density at radius 1 is 1.28 bits per heavy atom. The van der Waals surface area contributed by atoms with Gasteiger partial charge in [0.1, 0.15) is 24.9 Å². The molecule has 1 saturated heterocycles. The highest BCUT2D eigenvalue weighted by atomic mass is 32.1. The Labute approximate surface area is 193 Å². The number of likely N-dealkylation sites (tertiary alicyclic amines) is 1. The molecule has 166 valence electrons. The molecule has 5 rings (SSSR count). The van der Waals surface area contributed by atoms with E-state index in [1.807, 2.05) is 25.4 Å². The largest absolute Gasteiger partial charge is 0.497 e. The highest BCUT2D eigenvalue weighted by molar-refractivity contribution is 7.20. The fraction of sp³-hybridized carbons (Fsp3) is 0.478. The number of aromatic nitrogens is 3. The van der Waals surface area contributed by atoms with Crippen molar-refractivity contribution in [2.45, 2.75) is 37.5 Å². The molecule has 0 bridgehead atoms. The lowest BCUT2D eigenvalue weighted by molar-refractivity contribution is -0.114. The van der Waals surface area contributed by atoms with Gasteiger partial charge in [0.25, 0.3) is 0 Å². The standard InChI is InChI=1S/C23H27BN4O3S/c1-27-14-18(25-26-27)19-12-23(22-15(6-9-31-23)10-21(24)32-22)7-8-28(19)13-16-4-5-17(29-2)11-20(16)30-3/h4-5,10-11,14,19H,6-9,12-13H2,1-3H3. The molecule has 2 unspecified atom stereocenters. The molecule has 2 atom stereocenters. The van der Waals surface area contributed by atoms with Gasteiger partial charge in [-0.2, -0.15) is 11.3 Å². The summed E-state index contributed by atoms with van der Waals surface area (Å²) in [4.78, 5) is 3.74. The van der Waals surface area contributed by atoms with Crippen molar-refractivity contribution in [3.63, 3.8) is 0 Å². The first kappa shape index (κ1) is 21.5. The molecule has 1 spiro atoms. The Kier molecular flexibility index (Phi) is 5.73. The molecule has 0 amide bonds. The average molecular weight is 450 g/mol. The number of aryl methyl sites for hydroxylation is 1. The zero-order valence-electron chi connectivity index (χ0n) is 18.7. The number of piperidine rings is 1. The molecule has 9 heteroatoms. The molecule has 1 aromatic carbocycles. The molecular formula is C23H27BN4O3S. The Bertz CT molecular complexity index is 1120. The van der Waals surface area contributed by atoms with Gasteiger partial charge in [-0.25, -0.2) is 0 Å². The fourth-order valence-electron chi connectivity index (χ4n) is 5.00.